The fourth-order valence-electron chi connectivity index (χ4n) is 3.58. The van der Waals surface area contributed by atoms with E-state index >= 15 is 0 Å². The Kier molecular flexibility index (Phi) is 5.37. The molecule has 0 amide bonds. The summed E-state index contributed by atoms with van der Waals surface area (Å²) in [7, 11) is 1.67. The third kappa shape index (κ3) is 3.90. The smallest absolute Gasteiger partial charge is 0.196 e. The molecule has 0 spiro atoms. The molecule has 0 fully saturated rings. The molecule has 2 aromatic heterocycles. The first kappa shape index (κ1) is 19.3. The number of hydrogen-bond donors (Lipinski definition) is 0. The van der Waals surface area contributed by atoms with E-state index in [0.29, 0.717) is 0 Å². The average Bonchev–Trinajstić information content (AvgIpc) is 3.27. The molecule has 0 saturated carbocycles. The van der Waals surface area contributed by atoms with Gasteiger partial charge in [-0.05, 0) is 52.7 Å². The van der Waals surface area contributed by atoms with Crippen molar-refractivity contribution in [2.75, 3.05) is 7.11 Å². The van der Waals surface area contributed by atoms with Crippen LogP contribution in [0.25, 0.3) is 27.8 Å². The van der Waals surface area contributed by atoms with Crippen LogP contribution < -0.4 is 4.74 Å². The van der Waals surface area contributed by atoms with Crippen molar-refractivity contribution in [2.45, 2.75) is 10.9 Å². The van der Waals surface area contributed by atoms with Crippen molar-refractivity contribution in [3.63, 3.8) is 0 Å². The van der Waals surface area contributed by atoms with Crippen molar-refractivity contribution in [2.24, 2.45) is 0 Å². The molecule has 5 rings (SSSR count). The van der Waals surface area contributed by atoms with Crippen molar-refractivity contribution >= 4 is 22.5 Å². The van der Waals surface area contributed by atoms with E-state index in [2.05, 4.69) is 62.2 Å². The molecular weight excluding hydrogens is 404 g/mol. The number of benzene rings is 3. The highest BCUT2D eigenvalue weighted by Gasteiger charge is 2.17. The number of ether oxygens (including phenoxy) is 1. The molecule has 0 radical (unpaired) electrons. The molecular formula is C25H20N4OS. The molecule has 0 N–H and O–H groups in total. The number of fused-ring (bicyclic) bond motifs is 1. The Bertz CT molecular complexity index is 1310. The highest BCUT2D eigenvalue weighted by molar-refractivity contribution is 7.98. The molecule has 0 atom stereocenters. The molecule has 0 unspecified atom stereocenters. The summed E-state index contributed by atoms with van der Waals surface area (Å²) in [5.41, 5.74) is 3.23. The van der Waals surface area contributed by atoms with Crippen LogP contribution in [0.5, 0.6) is 5.75 Å². The normalized spacial score (nSPS) is 11.0. The predicted molar refractivity (Wildman–Crippen MR) is 125 cm³/mol. The third-order valence-corrected chi connectivity index (χ3v) is 6.12. The second kappa shape index (κ2) is 8.62. The van der Waals surface area contributed by atoms with Gasteiger partial charge in [-0.2, -0.15) is 0 Å². The van der Waals surface area contributed by atoms with E-state index in [1.54, 1.807) is 31.3 Å². The summed E-state index contributed by atoms with van der Waals surface area (Å²) in [5, 5.41) is 12.4. The van der Waals surface area contributed by atoms with Gasteiger partial charge in [-0.1, -0.05) is 54.2 Å². The summed E-state index contributed by atoms with van der Waals surface area (Å²) in [4.78, 5) is 4.13. The van der Waals surface area contributed by atoms with Gasteiger partial charge in [-0.15, -0.1) is 10.2 Å². The monoisotopic (exact) mass is 424 g/mol. The maximum atomic E-state index is 5.32. The second-order valence-electron chi connectivity index (χ2n) is 7.00. The average molecular weight is 425 g/mol. The van der Waals surface area contributed by atoms with Gasteiger partial charge in [0.15, 0.2) is 11.0 Å². The summed E-state index contributed by atoms with van der Waals surface area (Å²) < 4.78 is 7.41. The van der Waals surface area contributed by atoms with Crippen molar-refractivity contribution < 1.29 is 4.74 Å². The fourth-order valence-corrected chi connectivity index (χ4v) is 4.53. The fraction of sp³-hybridized carbons (Fsp3) is 0.0800. The van der Waals surface area contributed by atoms with E-state index in [-0.39, 0.29) is 0 Å². The predicted octanol–water partition coefficient (Wildman–Crippen LogP) is 5.78. The summed E-state index contributed by atoms with van der Waals surface area (Å²) in [6.07, 6.45) is 3.54. The topological polar surface area (TPSA) is 52.8 Å². The number of aromatic nitrogens is 4. The van der Waals surface area contributed by atoms with Crippen molar-refractivity contribution in [3.8, 4) is 22.8 Å². The molecule has 0 aliphatic rings. The lowest BCUT2D eigenvalue weighted by atomic mass is 10.1. The van der Waals surface area contributed by atoms with Crippen LogP contribution in [0.3, 0.4) is 0 Å². The zero-order valence-electron chi connectivity index (χ0n) is 17.0. The number of thioether (sulfide) groups is 1. The highest BCUT2D eigenvalue weighted by Crippen LogP contribution is 2.31. The Hall–Kier alpha value is -3.64. The van der Waals surface area contributed by atoms with Gasteiger partial charge < -0.3 is 4.74 Å². The Morgan fingerprint density at radius 3 is 2.42 bits per heavy atom. The van der Waals surface area contributed by atoms with E-state index in [9.17, 15) is 0 Å². The van der Waals surface area contributed by atoms with Crippen LogP contribution in [0.15, 0.2) is 96.4 Å². The van der Waals surface area contributed by atoms with Crippen LogP contribution in [-0.2, 0) is 5.75 Å². The number of pyridine rings is 1. The number of hydrogen-bond acceptors (Lipinski definition) is 5. The largest absolute Gasteiger partial charge is 0.497 e. The van der Waals surface area contributed by atoms with Crippen molar-refractivity contribution in [3.05, 3.63) is 96.8 Å². The van der Waals surface area contributed by atoms with Crippen LogP contribution in [0.2, 0.25) is 0 Å². The Balaban J connectivity index is 1.54. The lowest BCUT2D eigenvalue weighted by Crippen LogP contribution is -2.00. The number of methoxy groups -OCH3 is 1. The van der Waals surface area contributed by atoms with Gasteiger partial charge >= 0.3 is 0 Å². The summed E-state index contributed by atoms with van der Waals surface area (Å²) in [6.45, 7) is 0. The highest BCUT2D eigenvalue weighted by atomic mass is 32.2. The van der Waals surface area contributed by atoms with Gasteiger partial charge in [0.2, 0.25) is 0 Å². The molecule has 2 heterocycles. The van der Waals surface area contributed by atoms with Gasteiger partial charge in [0.1, 0.15) is 5.75 Å². The molecule has 0 aliphatic carbocycles. The van der Waals surface area contributed by atoms with E-state index in [4.69, 9.17) is 4.74 Å². The molecule has 31 heavy (non-hydrogen) atoms. The first-order valence-corrected chi connectivity index (χ1v) is 10.9. The Morgan fingerprint density at radius 2 is 1.61 bits per heavy atom. The van der Waals surface area contributed by atoms with Crippen molar-refractivity contribution in [1.82, 2.24) is 19.7 Å². The molecule has 0 bridgehead atoms. The zero-order valence-corrected chi connectivity index (χ0v) is 17.8. The molecule has 0 saturated heterocycles. The maximum absolute atomic E-state index is 5.32. The van der Waals surface area contributed by atoms with Gasteiger partial charge in [0.05, 0.1) is 7.11 Å². The lowest BCUT2D eigenvalue weighted by Gasteiger charge is -2.12. The van der Waals surface area contributed by atoms with Crippen LogP contribution in [0, 0.1) is 0 Å². The molecule has 3 aromatic carbocycles. The summed E-state index contributed by atoms with van der Waals surface area (Å²) in [5.74, 6) is 2.40. The third-order valence-electron chi connectivity index (χ3n) is 5.14. The quantitative estimate of drug-likeness (QED) is 0.323. The summed E-state index contributed by atoms with van der Waals surface area (Å²) >= 11 is 1.68. The van der Waals surface area contributed by atoms with E-state index in [0.717, 1.165) is 33.7 Å². The minimum atomic E-state index is 0.785. The standard InChI is InChI=1S/C25H20N4OS/c1-30-22-11-9-21(10-12-22)29-24(19-13-15-26-16-14-19)27-28-25(29)31-17-20-7-4-6-18-5-2-3-8-23(18)20/h2-16H,17H2,1H3. The Morgan fingerprint density at radius 1 is 0.839 bits per heavy atom. The van der Waals surface area contributed by atoms with E-state index < -0.39 is 0 Å². The van der Waals surface area contributed by atoms with Gasteiger partial charge in [-0.3, -0.25) is 9.55 Å². The second-order valence-corrected chi connectivity index (χ2v) is 7.94. The van der Waals surface area contributed by atoms with E-state index in [1.165, 1.54) is 16.3 Å². The van der Waals surface area contributed by atoms with Gasteiger partial charge in [-0.25, -0.2) is 0 Å². The molecule has 6 heteroatoms. The maximum Gasteiger partial charge on any atom is 0.196 e. The molecule has 5 aromatic rings. The van der Waals surface area contributed by atoms with Crippen molar-refractivity contribution in [1.29, 1.82) is 0 Å². The van der Waals surface area contributed by atoms with Crippen LogP contribution >= 0.6 is 11.8 Å². The van der Waals surface area contributed by atoms with Crippen LogP contribution in [-0.4, -0.2) is 26.9 Å². The lowest BCUT2D eigenvalue weighted by molar-refractivity contribution is 0.414. The first-order valence-electron chi connectivity index (χ1n) is 9.93. The van der Waals surface area contributed by atoms with E-state index in [1.807, 2.05) is 36.4 Å². The zero-order chi connectivity index (χ0) is 21.0. The Labute approximate surface area is 184 Å². The minimum absolute atomic E-state index is 0.785. The first-order chi connectivity index (χ1) is 15.3. The number of nitrogens with zero attached hydrogens (tertiary/aromatic N) is 4. The summed E-state index contributed by atoms with van der Waals surface area (Å²) in [6, 6.07) is 26.7. The van der Waals surface area contributed by atoms with Gasteiger partial charge in [0, 0.05) is 29.4 Å². The molecule has 152 valence electrons. The minimum Gasteiger partial charge on any atom is -0.497 e. The van der Waals surface area contributed by atoms with Crippen LogP contribution in [0.4, 0.5) is 0 Å². The number of rotatable bonds is 6. The van der Waals surface area contributed by atoms with Gasteiger partial charge in [0.25, 0.3) is 0 Å². The van der Waals surface area contributed by atoms with Crippen LogP contribution in [0.1, 0.15) is 5.56 Å². The SMILES string of the molecule is COc1ccc(-n2c(SCc3cccc4ccccc34)nnc2-c2ccncc2)cc1. The molecule has 5 nitrogen and oxygen atoms in total. The molecule has 0 aliphatic heterocycles.